The first-order valence-corrected chi connectivity index (χ1v) is 14.2. The lowest BCUT2D eigenvalue weighted by Crippen LogP contribution is -2.82. The zero-order valence-electron chi connectivity index (χ0n) is 22.5. The molecule has 0 unspecified atom stereocenters. The summed E-state index contributed by atoms with van der Waals surface area (Å²) in [5, 5.41) is 7.10. The van der Waals surface area contributed by atoms with E-state index in [0.29, 0.717) is 23.4 Å². The predicted molar refractivity (Wildman–Crippen MR) is 153 cm³/mol. The van der Waals surface area contributed by atoms with Gasteiger partial charge in [0.15, 0.2) is 0 Å². The number of aromatic nitrogens is 1. The van der Waals surface area contributed by atoms with Crippen LogP contribution in [0.1, 0.15) is 43.7 Å². The van der Waals surface area contributed by atoms with Gasteiger partial charge in [-0.1, -0.05) is 43.6 Å². The maximum atomic E-state index is 14.5. The molecule has 2 aromatic carbocycles. The van der Waals surface area contributed by atoms with Crippen molar-refractivity contribution in [3.63, 3.8) is 0 Å². The molecular formula is C30H39ClN5O2+. The Labute approximate surface area is 229 Å². The maximum absolute atomic E-state index is 14.5. The molecule has 3 heterocycles. The van der Waals surface area contributed by atoms with Gasteiger partial charge in [-0.15, -0.1) is 0 Å². The minimum atomic E-state index is -0.714. The second kappa shape index (κ2) is 11.4. The Hall–Kier alpha value is -3.03. The number of fused-ring (bicyclic) bond motifs is 2. The van der Waals surface area contributed by atoms with Gasteiger partial charge in [0.1, 0.15) is 6.04 Å². The molecule has 4 N–H and O–H groups in total. The molecule has 0 radical (unpaired) electrons. The highest BCUT2D eigenvalue weighted by molar-refractivity contribution is 6.30. The average Bonchev–Trinajstić information content (AvgIpc) is 3.35. The van der Waals surface area contributed by atoms with Crippen LogP contribution in [0.5, 0.6) is 0 Å². The molecule has 1 saturated heterocycles. The first kappa shape index (κ1) is 26.6. The summed E-state index contributed by atoms with van der Waals surface area (Å²) in [7, 11) is 2.06. The number of urea groups is 1. The zero-order chi connectivity index (χ0) is 26.8. The van der Waals surface area contributed by atoms with E-state index >= 15 is 0 Å². The van der Waals surface area contributed by atoms with Gasteiger partial charge in [-0.2, -0.15) is 0 Å². The lowest BCUT2D eigenvalue weighted by molar-refractivity contribution is -0.632. The van der Waals surface area contributed by atoms with Crippen LogP contribution in [-0.4, -0.2) is 61.1 Å². The van der Waals surface area contributed by atoms with Crippen molar-refractivity contribution in [2.45, 2.75) is 45.1 Å². The van der Waals surface area contributed by atoms with E-state index in [2.05, 4.69) is 35.7 Å². The molecule has 202 valence electrons. The fraction of sp³-hybridized carbons (Fsp3) is 0.467. The number of para-hydroxylation sites is 1. The topological polar surface area (TPSA) is 85.1 Å². The van der Waals surface area contributed by atoms with Crippen LogP contribution in [0.4, 0.5) is 10.5 Å². The van der Waals surface area contributed by atoms with E-state index in [1.807, 2.05) is 59.3 Å². The molecule has 0 saturated carbocycles. The zero-order valence-corrected chi connectivity index (χ0v) is 23.3. The van der Waals surface area contributed by atoms with Crippen molar-refractivity contribution in [3.05, 3.63) is 64.8 Å². The highest BCUT2D eigenvalue weighted by atomic mass is 35.5. The Morgan fingerprint density at radius 2 is 1.95 bits per heavy atom. The van der Waals surface area contributed by atoms with Crippen LogP contribution in [0.2, 0.25) is 5.02 Å². The fourth-order valence-electron chi connectivity index (χ4n) is 6.07. The summed E-state index contributed by atoms with van der Waals surface area (Å²) in [6, 6.07) is 13.0. The molecule has 3 atom stereocenters. The van der Waals surface area contributed by atoms with Crippen molar-refractivity contribution in [1.29, 1.82) is 0 Å². The van der Waals surface area contributed by atoms with E-state index in [4.69, 9.17) is 11.6 Å². The number of hydrogen-bond acceptors (Lipinski definition) is 2. The van der Waals surface area contributed by atoms with Gasteiger partial charge < -0.3 is 25.4 Å². The number of nitrogens with two attached hydrogens (primary N) is 1. The lowest BCUT2D eigenvalue weighted by atomic mass is 9.88. The number of H-pyrrole nitrogens is 1. The highest BCUT2D eigenvalue weighted by Gasteiger charge is 2.38. The largest absolute Gasteiger partial charge is 0.361 e. The van der Waals surface area contributed by atoms with E-state index in [9.17, 15) is 9.59 Å². The standard InChI is InChI=1S/C30H38ClN5O2/c1-19-10-12-35(13-11-19)30(38)34-28(20(2)25-17-33-26-7-5-4-6-24(25)26)29(37)36-18-21(16-32-3)14-22-15-23(31)8-9-27(22)36/h4-9,15,17,19-21,28,32-33H,10-14,16,18H2,1-3H3,(H,34,38)/p+1/t20-,21+,28+/m0/s1. The first-order chi connectivity index (χ1) is 18.4. The van der Waals surface area contributed by atoms with Crippen LogP contribution in [0.15, 0.2) is 48.7 Å². The average molecular weight is 537 g/mol. The number of carbonyl (C=O) groups excluding carboxylic acids is 2. The molecule has 0 spiro atoms. The van der Waals surface area contributed by atoms with Crippen LogP contribution in [-0.2, 0) is 11.2 Å². The number of benzene rings is 2. The molecule has 3 amide bonds. The van der Waals surface area contributed by atoms with Crippen molar-refractivity contribution < 1.29 is 14.9 Å². The second-order valence-corrected chi connectivity index (χ2v) is 11.5. The Morgan fingerprint density at radius 1 is 1.18 bits per heavy atom. The summed E-state index contributed by atoms with van der Waals surface area (Å²) < 4.78 is 0. The normalized spacial score (nSPS) is 19.7. The lowest BCUT2D eigenvalue weighted by Gasteiger charge is -2.38. The van der Waals surface area contributed by atoms with Crippen molar-refractivity contribution in [3.8, 4) is 0 Å². The number of halogens is 1. The van der Waals surface area contributed by atoms with E-state index in [-0.39, 0.29) is 17.9 Å². The van der Waals surface area contributed by atoms with Gasteiger partial charge in [0, 0.05) is 59.3 Å². The van der Waals surface area contributed by atoms with Gasteiger partial charge in [-0.25, -0.2) is 4.79 Å². The number of hydrogen-bond donors (Lipinski definition) is 3. The SMILES string of the molecule is C[NH2+]C[C@H]1Cc2cc(Cl)ccc2N(C(=O)[C@H](NC(=O)N2CCC(C)CC2)[C@@H](C)c2c[nH]c3ccccc23)C1. The van der Waals surface area contributed by atoms with Crippen LogP contribution >= 0.6 is 11.6 Å². The van der Waals surface area contributed by atoms with Crippen LogP contribution < -0.4 is 15.5 Å². The van der Waals surface area contributed by atoms with Crippen LogP contribution in [0, 0.1) is 11.8 Å². The van der Waals surface area contributed by atoms with Gasteiger partial charge in [0.25, 0.3) is 0 Å². The number of piperidine rings is 1. The third-order valence-corrected chi connectivity index (χ3v) is 8.58. The number of anilines is 1. The highest BCUT2D eigenvalue weighted by Crippen LogP contribution is 2.35. The fourth-order valence-corrected chi connectivity index (χ4v) is 6.26. The molecule has 0 aliphatic carbocycles. The van der Waals surface area contributed by atoms with E-state index in [1.165, 1.54) is 0 Å². The van der Waals surface area contributed by atoms with Gasteiger partial charge in [0.05, 0.1) is 13.6 Å². The number of carbonyl (C=O) groups is 2. The summed E-state index contributed by atoms with van der Waals surface area (Å²) in [5.74, 6) is 0.606. The van der Waals surface area contributed by atoms with Gasteiger partial charge in [-0.3, -0.25) is 4.79 Å². The molecular weight excluding hydrogens is 498 g/mol. The van der Waals surface area contributed by atoms with E-state index in [0.717, 1.165) is 66.6 Å². The van der Waals surface area contributed by atoms with E-state index in [1.54, 1.807) is 0 Å². The van der Waals surface area contributed by atoms with Crippen molar-refractivity contribution in [1.82, 2.24) is 15.2 Å². The number of nitrogens with one attached hydrogen (secondary N) is 2. The smallest absolute Gasteiger partial charge is 0.318 e. The summed E-state index contributed by atoms with van der Waals surface area (Å²) in [6.07, 6.45) is 4.83. The number of rotatable bonds is 6. The molecule has 5 rings (SSSR count). The molecule has 8 heteroatoms. The summed E-state index contributed by atoms with van der Waals surface area (Å²) in [5.41, 5.74) is 4.02. The Bertz CT molecular complexity index is 1300. The Morgan fingerprint density at radius 3 is 2.71 bits per heavy atom. The quantitative estimate of drug-likeness (QED) is 0.442. The Balaban J connectivity index is 1.49. The van der Waals surface area contributed by atoms with Crippen molar-refractivity contribution >= 4 is 40.1 Å². The maximum Gasteiger partial charge on any atom is 0.318 e. The molecule has 7 nitrogen and oxygen atoms in total. The summed E-state index contributed by atoms with van der Waals surface area (Å²) in [4.78, 5) is 35.1. The molecule has 0 bridgehead atoms. The van der Waals surface area contributed by atoms with E-state index < -0.39 is 6.04 Å². The number of aromatic amines is 1. The monoisotopic (exact) mass is 536 g/mol. The van der Waals surface area contributed by atoms with Crippen molar-refractivity contribution in [2.24, 2.45) is 11.8 Å². The van der Waals surface area contributed by atoms with Gasteiger partial charge in [-0.05, 0) is 60.6 Å². The summed E-state index contributed by atoms with van der Waals surface area (Å²) in [6.45, 7) is 7.23. The molecule has 3 aromatic rings. The number of nitrogens with zero attached hydrogens (tertiary/aromatic N) is 2. The van der Waals surface area contributed by atoms with Crippen LogP contribution in [0.25, 0.3) is 10.9 Å². The molecule has 1 fully saturated rings. The minimum absolute atomic E-state index is 0.0779. The number of amides is 3. The third-order valence-electron chi connectivity index (χ3n) is 8.34. The third kappa shape index (κ3) is 5.40. The molecule has 38 heavy (non-hydrogen) atoms. The van der Waals surface area contributed by atoms with Crippen LogP contribution in [0.3, 0.4) is 0 Å². The first-order valence-electron chi connectivity index (χ1n) is 13.8. The molecule has 2 aliphatic rings. The number of quaternary nitrogens is 1. The van der Waals surface area contributed by atoms with Crippen molar-refractivity contribution in [2.75, 3.05) is 38.1 Å². The number of likely N-dealkylation sites (tertiary alicyclic amines) is 1. The molecule has 2 aliphatic heterocycles. The minimum Gasteiger partial charge on any atom is -0.361 e. The Kier molecular flexibility index (Phi) is 7.96. The van der Waals surface area contributed by atoms with Gasteiger partial charge >= 0.3 is 6.03 Å². The summed E-state index contributed by atoms with van der Waals surface area (Å²) >= 11 is 6.35. The van der Waals surface area contributed by atoms with Gasteiger partial charge in [0.2, 0.25) is 5.91 Å². The second-order valence-electron chi connectivity index (χ2n) is 11.1. The molecule has 1 aromatic heterocycles. The predicted octanol–water partition coefficient (Wildman–Crippen LogP) is 4.13.